The van der Waals surface area contributed by atoms with Crippen LogP contribution in [-0.2, 0) is 11.2 Å². The second-order valence-electron chi connectivity index (χ2n) is 7.36. The number of ether oxygens (including phenoxy) is 1. The van der Waals surface area contributed by atoms with Gasteiger partial charge in [-0.3, -0.25) is 0 Å². The molecule has 160 valence electrons. The van der Waals surface area contributed by atoms with Crippen LogP contribution in [0.25, 0.3) is 11.3 Å². The zero-order chi connectivity index (χ0) is 21.4. The van der Waals surface area contributed by atoms with Gasteiger partial charge in [0.2, 0.25) is 11.9 Å². The number of carboxylic acid groups (broad SMARTS) is 1. The predicted octanol–water partition coefficient (Wildman–Crippen LogP) is -1.14. The first-order valence-corrected chi connectivity index (χ1v) is 10.0. The fraction of sp³-hybridized carbons (Fsp3) is 0.286. The number of nitrogen functional groups attached to an aromatic ring is 1. The summed E-state index contributed by atoms with van der Waals surface area (Å²) in [5, 5.41) is 9.19. The van der Waals surface area contributed by atoms with Crippen molar-refractivity contribution >= 4 is 29.4 Å². The summed E-state index contributed by atoms with van der Waals surface area (Å²) in [6, 6.07) is 6.82. The maximum Gasteiger partial charge on any atom is 1.00 e. The van der Waals surface area contributed by atoms with Crippen LogP contribution in [0.1, 0.15) is 17.3 Å². The van der Waals surface area contributed by atoms with Crippen LogP contribution in [0.5, 0.6) is 0 Å². The number of fused-ring (bicyclic) bond motifs is 1. The Balaban J connectivity index is 0.00000153. The number of carboxylic acids is 1. The number of carbonyl (C=O) groups is 1. The van der Waals surface area contributed by atoms with Crippen LogP contribution in [0.2, 0.25) is 0 Å². The van der Waals surface area contributed by atoms with E-state index in [1.54, 1.807) is 36.7 Å². The average molecular weight is 443 g/mol. The minimum Gasteiger partial charge on any atom is -1.00 e. The number of morpholine rings is 1. The van der Waals surface area contributed by atoms with Crippen molar-refractivity contribution in [3.63, 3.8) is 0 Å². The fourth-order valence-corrected chi connectivity index (χ4v) is 3.88. The van der Waals surface area contributed by atoms with Gasteiger partial charge in [-0.15, -0.1) is 0 Å². The number of hydrogen-bond acceptors (Lipinski definition) is 9. The number of rotatable bonds is 4. The maximum absolute atomic E-state index is 11.2. The molecule has 0 bridgehead atoms. The van der Waals surface area contributed by atoms with E-state index in [0.29, 0.717) is 38.8 Å². The molecule has 10 nitrogen and oxygen atoms in total. The fourth-order valence-electron chi connectivity index (χ4n) is 3.88. The van der Waals surface area contributed by atoms with Crippen LogP contribution in [-0.4, -0.2) is 63.9 Å². The van der Waals surface area contributed by atoms with Gasteiger partial charge in [0, 0.05) is 48.8 Å². The van der Waals surface area contributed by atoms with Gasteiger partial charge in [-0.2, -0.15) is 4.98 Å². The summed E-state index contributed by atoms with van der Waals surface area (Å²) in [6.45, 7) is 3.39. The minimum atomic E-state index is -0.948. The molecule has 0 amide bonds. The van der Waals surface area contributed by atoms with E-state index in [4.69, 9.17) is 20.4 Å². The van der Waals surface area contributed by atoms with Crippen molar-refractivity contribution in [2.75, 3.05) is 48.4 Å². The van der Waals surface area contributed by atoms with E-state index in [1.807, 2.05) is 0 Å². The van der Waals surface area contributed by atoms with E-state index in [-0.39, 0.29) is 42.5 Å². The van der Waals surface area contributed by atoms with Gasteiger partial charge in [0.15, 0.2) is 0 Å². The van der Waals surface area contributed by atoms with Crippen molar-refractivity contribution < 1.29 is 45.6 Å². The van der Waals surface area contributed by atoms with Crippen molar-refractivity contribution in [1.82, 2.24) is 19.9 Å². The van der Waals surface area contributed by atoms with E-state index in [9.17, 15) is 9.90 Å². The molecule has 2 aliphatic heterocycles. The molecular weight excluding hydrogens is 421 g/mol. The molecule has 1 aromatic carbocycles. The number of anilines is 4. The van der Waals surface area contributed by atoms with Crippen LogP contribution >= 0.6 is 0 Å². The molecule has 11 heteroatoms. The summed E-state index contributed by atoms with van der Waals surface area (Å²) in [5.41, 5.74) is 9.38. The van der Waals surface area contributed by atoms with Crippen molar-refractivity contribution in [2.24, 2.45) is 0 Å². The average Bonchev–Trinajstić information content (AvgIpc) is 3.24. The first-order chi connectivity index (χ1) is 15.1. The van der Waals surface area contributed by atoms with Gasteiger partial charge in [0.1, 0.15) is 5.82 Å². The summed E-state index contributed by atoms with van der Waals surface area (Å²) in [6.07, 6.45) is 4.11. The smallest absolute Gasteiger partial charge is 1.00 e. The van der Waals surface area contributed by atoms with E-state index in [2.05, 4.69) is 19.8 Å². The van der Waals surface area contributed by atoms with Gasteiger partial charge in [-0.1, -0.05) is 0 Å². The van der Waals surface area contributed by atoms with Gasteiger partial charge in [0.05, 0.1) is 24.5 Å². The Morgan fingerprint density at radius 3 is 2.41 bits per heavy atom. The molecule has 3 aromatic rings. The molecule has 0 unspecified atom stereocenters. The monoisotopic (exact) mass is 443 g/mol. The van der Waals surface area contributed by atoms with Crippen LogP contribution in [0.4, 0.5) is 23.4 Å². The Labute approximate surface area is 208 Å². The Morgan fingerprint density at radius 2 is 1.75 bits per heavy atom. The van der Waals surface area contributed by atoms with Crippen LogP contribution < -0.4 is 45.1 Å². The van der Waals surface area contributed by atoms with Crippen molar-refractivity contribution in [2.45, 2.75) is 6.42 Å². The first-order valence-electron chi connectivity index (χ1n) is 10.0. The van der Waals surface area contributed by atoms with Gasteiger partial charge >= 0.3 is 35.5 Å². The zero-order valence-corrected chi connectivity index (χ0v) is 19.7. The number of hydrogen-bond donors (Lipinski definition) is 2. The van der Waals surface area contributed by atoms with Crippen molar-refractivity contribution in [3.05, 3.63) is 47.8 Å². The van der Waals surface area contributed by atoms with Crippen molar-refractivity contribution in [3.8, 4) is 11.3 Å². The van der Waals surface area contributed by atoms with Gasteiger partial charge in [-0.05, 0) is 30.7 Å². The Hall–Kier alpha value is -2.79. The number of nitrogens with two attached hydrogens (primary N) is 1. The zero-order valence-electron chi connectivity index (χ0n) is 18.7. The molecule has 2 aliphatic rings. The summed E-state index contributed by atoms with van der Waals surface area (Å²) in [5.74, 6) is 0.702. The second kappa shape index (κ2) is 9.37. The van der Waals surface area contributed by atoms with E-state index in [1.165, 1.54) is 0 Å². The van der Waals surface area contributed by atoms with Gasteiger partial charge < -0.3 is 26.8 Å². The minimum absolute atomic E-state index is 0. The quantitative estimate of drug-likeness (QED) is 0.477. The largest absolute Gasteiger partial charge is 1.00 e. The molecule has 2 aromatic heterocycles. The topological polar surface area (TPSA) is 131 Å². The molecule has 1 saturated heterocycles. The third-order valence-corrected chi connectivity index (χ3v) is 5.48. The first kappa shape index (κ1) is 22.4. The van der Waals surface area contributed by atoms with Crippen LogP contribution in [0.15, 0.2) is 36.7 Å². The normalized spacial score (nSPS) is 15.2. The molecule has 3 N–H and O–H groups in total. The Bertz CT molecular complexity index is 1130. The summed E-state index contributed by atoms with van der Waals surface area (Å²) >= 11 is 0. The molecule has 5 rings (SSSR count). The molecule has 32 heavy (non-hydrogen) atoms. The van der Waals surface area contributed by atoms with Crippen LogP contribution in [0.3, 0.4) is 0 Å². The van der Waals surface area contributed by atoms with E-state index < -0.39 is 5.97 Å². The van der Waals surface area contributed by atoms with Crippen LogP contribution in [0, 0.1) is 0 Å². The molecule has 0 atom stereocenters. The third kappa shape index (κ3) is 4.26. The van der Waals surface area contributed by atoms with Crippen molar-refractivity contribution in [1.29, 1.82) is 0 Å². The standard InChI is InChI=1S/C21H21N7O3.Na.H/c22-20-23-11-14(12-24-20)17-16-5-6-28(15-3-1-13(2-4-15)19(29)30)18(16)26-21(25-17)27-7-9-31-10-8-27;;/h1-4,11-12H,5-10H2,(H,29,30)(H2,22,23,24);;/q;+1;-1. The maximum atomic E-state index is 11.2. The number of nitrogens with zero attached hydrogens (tertiary/aromatic N) is 6. The molecule has 0 spiro atoms. The molecule has 0 saturated carbocycles. The second-order valence-corrected chi connectivity index (χ2v) is 7.36. The van der Waals surface area contributed by atoms with Gasteiger partial charge in [-0.25, -0.2) is 19.7 Å². The molecule has 1 fully saturated rings. The number of aromatic carboxylic acids is 1. The molecule has 0 aliphatic carbocycles. The van der Waals surface area contributed by atoms with E-state index >= 15 is 0 Å². The predicted molar refractivity (Wildman–Crippen MR) is 116 cm³/mol. The summed E-state index contributed by atoms with van der Waals surface area (Å²) < 4.78 is 5.47. The summed E-state index contributed by atoms with van der Waals surface area (Å²) in [4.78, 5) is 33.4. The van der Waals surface area contributed by atoms with Gasteiger partial charge in [0.25, 0.3) is 0 Å². The Kier molecular flexibility index (Phi) is 6.56. The summed E-state index contributed by atoms with van der Waals surface area (Å²) in [7, 11) is 0. The number of benzene rings is 1. The molecule has 4 heterocycles. The SMILES string of the molecule is Nc1ncc(-c2nc(N3CCOCC3)nc3c2CCN3c2ccc(C(=O)O)cc2)cn1.[H-].[Na+]. The number of aromatic nitrogens is 4. The molecular formula is C21H22N7NaO3. The van der Waals surface area contributed by atoms with E-state index in [0.717, 1.165) is 34.7 Å². The molecule has 0 radical (unpaired) electrons. The Morgan fingerprint density at radius 1 is 1.06 bits per heavy atom. The third-order valence-electron chi connectivity index (χ3n) is 5.48.